The zero-order valence-corrected chi connectivity index (χ0v) is 10.4. The molecule has 1 aliphatic carbocycles. The summed E-state index contributed by atoms with van der Waals surface area (Å²) in [5.41, 5.74) is -0.934. The molecule has 0 aliphatic heterocycles. The third-order valence-corrected chi connectivity index (χ3v) is 4.88. The number of halogens is 2. The minimum atomic E-state index is -0.802. The molecule has 0 aromatic heterocycles. The second kappa shape index (κ2) is 3.02. The smallest absolute Gasteiger partial charge is 0.309 e. The van der Waals surface area contributed by atoms with Gasteiger partial charge in [-0.05, 0) is 20.3 Å². The van der Waals surface area contributed by atoms with Crippen LogP contribution in [0.25, 0.3) is 0 Å². The van der Waals surface area contributed by atoms with Crippen molar-refractivity contribution in [1.29, 1.82) is 0 Å². The topological polar surface area (TPSA) is 37.3 Å². The van der Waals surface area contributed by atoms with Crippen molar-refractivity contribution >= 4 is 29.2 Å². The first-order chi connectivity index (χ1) is 6.03. The van der Waals surface area contributed by atoms with Crippen LogP contribution in [0.4, 0.5) is 0 Å². The van der Waals surface area contributed by atoms with Gasteiger partial charge in [0.05, 0.1) is 5.41 Å². The molecule has 0 aromatic carbocycles. The molecule has 0 amide bonds. The van der Waals surface area contributed by atoms with Crippen LogP contribution in [0.3, 0.4) is 0 Å². The Morgan fingerprint density at radius 1 is 1.43 bits per heavy atom. The Bertz CT molecular complexity index is 255. The predicted octanol–water partition coefficient (Wildman–Crippen LogP) is 3.32. The lowest BCUT2D eigenvalue weighted by atomic mass is 9.85. The van der Waals surface area contributed by atoms with Crippen molar-refractivity contribution in [3.05, 3.63) is 0 Å². The maximum Gasteiger partial charge on any atom is 0.309 e. The van der Waals surface area contributed by atoms with Gasteiger partial charge in [0.25, 0.3) is 0 Å². The first-order valence-electron chi connectivity index (χ1n) is 4.64. The summed E-state index contributed by atoms with van der Waals surface area (Å²) in [5, 5.41) is 8.97. The predicted molar refractivity (Wildman–Crippen MR) is 57.7 cm³/mol. The molecule has 4 heteroatoms. The summed E-state index contributed by atoms with van der Waals surface area (Å²) in [6.45, 7) is 7.34. The number of carboxylic acid groups (broad SMARTS) is 1. The van der Waals surface area contributed by atoms with Crippen molar-refractivity contribution in [2.45, 2.75) is 38.4 Å². The molecule has 1 rings (SSSR count). The van der Waals surface area contributed by atoms with Gasteiger partial charge in [0.1, 0.15) is 4.33 Å². The quantitative estimate of drug-likeness (QED) is 0.767. The van der Waals surface area contributed by atoms with E-state index in [0.29, 0.717) is 6.42 Å². The van der Waals surface area contributed by atoms with Gasteiger partial charge in [-0.2, -0.15) is 0 Å². The molecule has 1 N–H and O–H groups in total. The highest BCUT2D eigenvalue weighted by atomic mass is 35.5. The maximum atomic E-state index is 10.9. The van der Waals surface area contributed by atoms with E-state index in [0.717, 1.165) is 0 Å². The van der Waals surface area contributed by atoms with Crippen LogP contribution in [-0.4, -0.2) is 15.4 Å². The highest BCUT2D eigenvalue weighted by Crippen LogP contribution is 2.71. The third-order valence-electron chi connectivity index (χ3n) is 3.38. The van der Waals surface area contributed by atoms with Gasteiger partial charge in [0.15, 0.2) is 0 Å². The Balaban J connectivity index is 2.70. The molecular formula is C10H16Cl2O2. The molecule has 1 saturated carbocycles. The molecule has 1 atom stereocenters. The summed E-state index contributed by atoms with van der Waals surface area (Å²) >= 11 is 12.2. The lowest BCUT2D eigenvalue weighted by Crippen LogP contribution is -2.25. The van der Waals surface area contributed by atoms with Crippen molar-refractivity contribution in [3.8, 4) is 0 Å². The fourth-order valence-corrected chi connectivity index (χ4v) is 2.59. The van der Waals surface area contributed by atoms with Gasteiger partial charge in [-0.25, -0.2) is 0 Å². The van der Waals surface area contributed by atoms with E-state index < -0.39 is 15.7 Å². The van der Waals surface area contributed by atoms with Crippen molar-refractivity contribution in [3.63, 3.8) is 0 Å². The van der Waals surface area contributed by atoms with Gasteiger partial charge in [-0.1, -0.05) is 13.8 Å². The standard InChI is InChI=1S/C10H16Cl2O2/c1-8(2,7(13)14)5-6-9(3,4)10(6,11)12/h6H,5H2,1-4H3,(H,13,14). The Kier molecular flexibility index (Phi) is 2.61. The molecule has 2 nitrogen and oxygen atoms in total. The van der Waals surface area contributed by atoms with E-state index in [4.69, 9.17) is 28.3 Å². The van der Waals surface area contributed by atoms with E-state index in [1.165, 1.54) is 0 Å². The number of hydrogen-bond acceptors (Lipinski definition) is 1. The van der Waals surface area contributed by atoms with Gasteiger partial charge < -0.3 is 5.11 Å². The van der Waals surface area contributed by atoms with Crippen molar-refractivity contribution in [1.82, 2.24) is 0 Å². The summed E-state index contributed by atoms with van der Waals surface area (Å²) in [6.07, 6.45) is 0.516. The maximum absolute atomic E-state index is 10.9. The van der Waals surface area contributed by atoms with Crippen molar-refractivity contribution in [2.75, 3.05) is 0 Å². The normalized spacial score (nSPS) is 28.6. The van der Waals surface area contributed by atoms with Crippen LogP contribution >= 0.6 is 23.2 Å². The molecule has 0 saturated heterocycles. The van der Waals surface area contributed by atoms with E-state index in [1.807, 2.05) is 13.8 Å². The molecule has 14 heavy (non-hydrogen) atoms. The van der Waals surface area contributed by atoms with Crippen LogP contribution in [0.5, 0.6) is 0 Å². The van der Waals surface area contributed by atoms with Crippen LogP contribution in [0, 0.1) is 16.7 Å². The average Bonchev–Trinajstić information content (AvgIpc) is 2.32. The van der Waals surface area contributed by atoms with Crippen LogP contribution in [0.15, 0.2) is 0 Å². The van der Waals surface area contributed by atoms with Crippen LogP contribution in [0.2, 0.25) is 0 Å². The zero-order valence-electron chi connectivity index (χ0n) is 8.90. The van der Waals surface area contributed by atoms with Crippen LogP contribution in [0.1, 0.15) is 34.1 Å². The number of aliphatic carboxylic acids is 1. The Morgan fingerprint density at radius 2 is 1.79 bits per heavy atom. The fourth-order valence-electron chi connectivity index (χ4n) is 1.74. The zero-order chi connectivity index (χ0) is 11.4. The minimum absolute atomic E-state index is 0.0597. The van der Waals surface area contributed by atoms with Crippen molar-refractivity contribution < 1.29 is 9.90 Å². The molecule has 1 unspecified atom stereocenters. The van der Waals surface area contributed by atoms with Gasteiger partial charge in [-0.15, -0.1) is 23.2 Å². The largest absolute Gasteiger partial charge is 0.481 e. The number of carbonyl (C=O) groups is 1. The van der Waals surface area contributed by atoms with E-state index in [1.54, 1.807) is 13.8 Å². The highest BCUT2D eigenvalue weighted by Gasteiger charge is 2.70. The number of carboxylic acids is 1. The molecule has 82 valence electrons. The summed E-state index contributed by atoms with van der Waals surface area (Å²) in [5.74, 6) is -0.742. The lowest BCUT2D eigenvalue weighted by Gasteiger charge is -2.19. The van der Waals surface area contributed by atoms with E-state index in [-0.39, 0.29) is 11.3 Å². The molecule has 1 aliphatic rings. The van der Waals surface area contributed by atoms with Crippen molar-refractivity contribution in [2.24, 2.45) is 16.7 Å². The molecule has 0 aromatic rings. The first-order valence-corrected chi connectivity index (χ1v) is 5.40. The van der Waals surface area contributed by atoms with Gasteiger partial charge in [-0.3, -0.25) is 4.79 Å². The van der Waals surface area contributed by atoms with E-state index >= 15 is 0 Å². The molecular weight excluding hydrogens is 223 g/mol. The third kappa shape index (κ3) is 1.63. The molecule has 1 fully saturated rings. The monoisotopic (exact) mass is 238 g/mol. The Labute approximate surface area is 94.6 Å². The molecule has 0 bridgehead atoms. The van der Waals surface area contributed by atoms with Gasteiger partial charge in [0.2, 0.25) is 0 Å². The second-order valence-corrected chi connectivity index (χ2v) is 6.68. The number of alkyl halides is 2. The first kappa shape index (κ1) is 12.1. The minimum Gasteiger partial charge on any atom is -0.481 e. The summed E-state index contributed by atoms with van der Waals surface area (Å²) in [4.78, 5) is 10.9. The second-order valence-electron chi connectivity index (χ2n) is 5.29. The van der Waals surface area contributed by atoms with E-state index in [9.17, 15) is 4.79 Å². The Morgan fingerprint density at radius 3 is 2.00 bits per heavy atom. The van der Waals surface area contributed by atoms with E-state index in [2.05, 4.69) is 0 Å². The lowest BCUT2D eigenvalue weighted by molar-refractivity contribution is -0.147. The highest BCUT2D eigenvalue weighted by molar-refractivity contribution is 6.51. The molecule has 0 spiro atoms. The Hall–Kier alpha value is 0.0500. The molecule has 0 radical (unpaired) electrons. The molecule has 0 heterocycles. The van der Waals surface area contributed by atoms with Crippen LogP contribution < -0.4 is 0 Å². The van der Waals surface area contributed by atoms with Crippen LogP contribution in [-0.2, 0) is 4.79 Å². The SMILES string of the molecule is CC(C)(CC1C(C)(C)C1(Cl)Cl)C(=O)O. The summed E-state index contributed by atoms with van der Waals surface area (Å²) < 4.78 is -0.764. The summed E-state index contributed by atoms with van der Waals surface area (Å²) in [6, 6.07) is 0. The van der Waals surface area contributed by atoms with Gasteiger partial charge in [0, 0.05) is 11.3 Å². The number of hydrogen-bond donors (Lipinski definition) is 1. The fraction of sp³-hybridized carbons (Fsp3) is 0.900. The van der Waals surface area contributed by atoms with Gasteiger partial charge >= 0.3 is 5.97 Å². The summed E-state index contributed by atoms with van der Waals surface area (Å²) in [7, 11) is 0. The number of rotatable bonds is 3. The average molecular weight is 239 g/mol.